The summed E-state index contributed by atoms with van der Waals surface area (Å²) < 4.78 is 13.5. The third-order valence-electron chi connectivity index (χ3n) is 3.83. The SMILES string of the molecule is O=C(NCC1(O)CCCCCC1)c1c(O)cccc1F. The molecule has 110 valence electrons. The zero-order chi connectivity index (χ0) is 14.6. The summed E-state index contributed by atoms with van der Waals surface area (Å²) in [5, 5.41) is 22.5. The fraction of sp³-hybridized carbons (Fsp3) is 0.533. The summed E-state index contributed by atoms with van der Waals surface area (Å²) >= 11 is 0. The summed E-state index contributed by atoms with van der Waals surface area (Å²) in [5.74, 6) is -1.86. The molecule has 0 aliphatic heterocycles. The third-order valence-corrected chi connectivity index (χ3v) is 3.83. The lowest BCUT2D eigenvalue weighted by Gasteiger charge is -2.26. The van der Waals surface area contributed by atoms with E-state index in [1.807, 2.05) is 0 Å². The number of aromatic hydroxyl groups is 1. The molecule has 1 fully saturated rings. The van der Waals surface area contributed by atoms with Gasteiger partial charge in [-0.05, 0) is 25.0 Å². The van der Waals surface area contributed by atoms with E-state index in [-0.39, 0.29) is 12.1 Å². The van der Waals surface area contributed by atoms with Gasteiger partial charge in [0.15, 0.2) is 0 Å². The second-order valence-corrected chi connectivity index (χ2v) is 5.46. The topological polar surface area (TPSA) is 69.6 Å². The highest BCUT2D eigenvalue weighted by Crippen LogP contribution is 2.27. The van der Waals surface area contributed by atoms with E-state index in [9.17, 15) is 19.4 Å². The second-order valence-electron chi connectivity index (χ2n) is 5.46. The first kappa shape index (κ1) is 14.8. The predicted molar refractivity (Wildman–Crippen MR) is 73.0 cm³/mol. The number of carbonyl (C=O) groups excluding carboxylic acids is 1. The molecule has 4 nitrogen and oxygen atoms in total. The zero-order valence-corrected chi connectivity index (χ0v) is 11.4. The Morgan fingerprint density at radius 1 is 1.25 bits per heavy atom. The Kier molecular flexibility index (Phi) is 4.60. The molecule has 0 saturated heterocycles. The number of benzene rings is 1. The average molecular weight is 281 g/mol. The van der Waals surface area contributed by atoms with Crippen molar-refractivity contribution in [3.63, 3.8) is 0 Å². The van der Waals surface area contributed by atoms with Crippen molar-refractivity contribution in [3.8, 4) is 5.75 Å². The molecule has 1 saturated carbocycles. The highest BCUT2D eigenvalue weighted by molar-refractivity contribution is 5.97. The molecular weight excluding hydrogens is 261 g/mol. The first-order chi connectivity index (χ1) is 9.52. The Bertz CT molecular complexity index is 462. The Hall–Kier alpha value is -1.62. The van der Waals surface area contributed by atoms with Gasteiger partial charge in [0, 0.05) is 6.54 Å². The Labute approximate surface area is 117 Å². The maximum Gasteiger partial charge on any atom is 0.258 e. The molecule has 0 bridgehead atoms. The van der Waals surface area contributed by atoms with Crippen LogP contribution >= 0.6 is 0 Å². The van der Waals surface area contributed by atoms with E-state index in [1.54, 1.807) is 0 Å². The Morgan fingerprint density at radius 2 is 1.90 bits per heavy atom. The summed E-state index contributed by atoms with van der Waals surface area (Å²) in [4.78, 5) is 11.9. The molecule has 2 rings (SSSR count). The van der Waals surface area contributed by atoms with Gasteiger partial charge in [-0.1, -0.05) is 31.7 Å². The van der Waals surface area contributed by atoms with Crippen LogP contribution in [0.1, 0.15) is 48.9 Å². The molecule has 0 radical (unpaired) electrons. The molecule has 0 aromatic heterocycles. The average Bonchev–Trinajstić information content (AvgIpc) is 2.62. The van der Waals surface area contributed by atoms with Crippen LogP contribution in [0.25, 0.3) is 0 Å². The number of hydrogen-bond donors (Lipinski definition) is 3. The van der Waals surface area contributed by atoms with E-state index < -0.39 is 23.1 Å². The van der Waals surface area contributed by atoms with Gasteiger partial charge in [-0.25, -0.2) is 4.39 Å². The van der Waals surface area contributed by atoms with Gasteiger partial charge in [-0.3, -0.25) is 4.79 Å². The Balaban J connectivity index is 2.01. The van der Waals surface area contributed by atoms with Crippen LogP contribution < -0.4 is 5.32 Å². The van der Waals surface area contributed by atoms with Crippen molar-refractivity contribution in [1.82, 2.24) is 5.32 Å². The van der Waals surface area contributed by atoms with Crippen LogP contribution in [-0.4, -0.2) is 28.3 Å². The van der Waals surface area contributed by atoms with E-state index >= 15 is 0 Å². The molecule has 1 amide bonds. The van der Waals surface area contributed by atoms with Crippen molar-refractivity contribution >= 4 is 5.91 Å². The number of phenols is 1. The van der Waals surface area contributed by atoms with Gasteiger partial charge >= 0.3 is 0 Å². The molecule has 0 atom stereocenters. The third kappa shape index (κ3) is 3.48. The van der Waals surface area contributed by atoms with Gasteiger partial charge in [-0.15, -0.1) is 0 Å². The zero-order valence-electron chi connectivity index (χ0n) is 11.4. The first-order valence-corrected chi connectivity index (χ1v) is 7.00. The predicted octanol–water partition coefficient (Wildman–Crippen LogP) is 2.35. The van der Waals surface area contributed by atoms with Crippen LogP contribution in [-0.2, 0) is 0 Å². The molecule has 3 N–H and O–H groups in total. The number of aliphatic hydroxyl groups is 1. The highest BCUT2D eigenvalue weighted by Gasteiger charge is 2.29. The van der Waals surface area contributed by atoms with Crippen LogP contribution in [0.4, 0.5) is 4.39 Å². The van der Waals surface area contributed by atoms with Crippen LogP contribution in [0, 0.1) is 5.82 Å². The molecular formula is C15H20FNO3. The van der Waals surface area contributed by atoms with Gasteiger partial charge in [-0.2, -0.15) is 0 Å². The Morgan fingerprint density at radius 3 is 2.50 bits per heavy atom. The lowest BCUT2D eigenvalue weighted by Crippen LogP contribution is -2.42. The number of halogens is 1. The van der Waals surface area contributed by atoms with Crippen LogP contribution in [0.5, 0.6) is 5.75 Å². The minimum Gasteiger partial charge on any atom is -0.507 e. The summed E-state index contributed by atoms with van der Waals surface area (Å²) in [6.45, 7) is 0.0829. The minimum absolute atomic E-state index is 0.0829. The highest BCUT2D eigenvalue weighted by atomic mass is 19.1. The van der Waals surface area contributed by atoms with E-state index in [0.29, 0.717) is 12.8 Å². The molecule has 1 aromatic carbocycles. The monoisotopic (exact) mass is 281 g/mol. The fourth-order valence-electron chi connectivity index (χ4n) is 2.63. The lowest BCUT2D eigenvalue weighted by atomic mass is 9.94. The number of amides is 1. The van der Waals surface area contributed by atoms with Crippen LogP contribution in [0.15, 0.2) is 18.2 Å². The molecule has 1 aromatic rings. The summed E-state index contributed by atoms with van der Waals surface area (Å²) in [6.07, 6.45) is 5.30. The van der Waals surface area contributed by atoms with Crippen molar-refractivity contribution in [2.45, 2.75) is 44.1 Å². The normalized spacial score (nSPS) is 18.3. The van der Waals surface area contributed by atoms with Gasteiger partial charge in [0.2, 0.25) is 0 Å². The molecule has 20 heavy (non-hydrogen) atoms. The summed E-state index contributed by atoms with van der Waals surface area (Å²) in [6, 6.07) is 3.72. The van der Waals surface area contributed by atoms with E-state index in [1.165, 1.54) is 12.1 Å². The molecule has 0 unspecified atom stereocenters. The van der Waals surface area contributed by atoms with Gasteiger partial charge in [0.1, 0.15) is 17.1 Å². The van der Waals surface area contributed by atoms with Gasteiger partial charge in [0.25, 0.3) is 5.91 Å². The van der Waals surface area contributed by atoms with Crippen molar-refractivity contribution in [2.75, 3.05) is 6.54 Å². The largest absolute Gasteiger partial charge is 0.507 e. The van der Waals surface area contributed by atoms with E-state index in [4.69, 9.17) is 0 Å². The van der Waals surface area contributed by atoms with Gasteiger partial charge < -0.3 is 15.5 Å². The number of rotatable bonds is 3. The van der Waals surface area contributed by atoms with Crippen LogP contribution in [0.3, 0.4) is 0 Å². The standard InChI is InChI=1S/C15H20FNO3/c16-11-6-5-7-12(18)13(11)14(19)17-10-15(20)8-3-1-2-4-9-15/h5-7,18,20H,1-4,8-10H2,(H,17,19). The lowest BCUT2D eigenvalue weighted by molar-refractivity contribution is 0.0245. The molecule has 5 heteroatoms. The van der Waals surface area contributed by atoms with Crippen molar-refractivity contribution < 1.29 is 19.4 Å². The van der Waals surface area contributed by atoms with Crippen LogP contribution in [0.2, 0.25) is 0 Å². The van der Waals surface area contributed by atoms with E-state index in [0.717, 1.165) is 31.7 Å². The molecule has 0 heterocycles. The van der Waals surface area contributed by atoms with E-state index in [2.05, 4.69) is 5.32 Å². The number of carbonyl (C=O) groups is 1. The van der Waals surface area contributed by atoms with Gasteiger partial charge in [0.05, 0.1) is 5.60 Å². The quantitative estimate of drug-likeness (QED) is 0.745. The molecule has 1 aliphatic rings. The first-order valence-electron chi connectivity index (χ1n) is 7.00. The maximum atomic E-state index is 13.5. The second kappa shape index (κ2) is 6.22. The fourth-order valence-corrected chi connectivity index (χ4v) is 2.63. The maximum absolute atomic E-state index is 13.5. The smallest absolute Gasteiger partial charge is 0.258 e. The summed E-state index contributed by atoms with van der Waals surface area (Å²) in [5.41, 5.74) is -1.29. The molecule has 0 spiro atoms. The van der Waals surface area contributed by atoms with Crippen molar-refractivity contribution in [2.24, 2.45) is 0 Å². The number of phenolic OH excluding ortho intramolecular Hbond substituents is 1. The van der Waals surface area contributed by atoms with Crippen molar-refractivity contribution in [1.29, 1.82) is 0 Å². The minimum atomic E-state index is -0.924. The number of hydrogen-bond acceptors (Lipinski definition) is 3. The number of nitrogens with one attached hydrogen (secondary N) is 1. The van der Waals surface area contributed by atoms with Crippen molar-refractivity contribution in [3.05, 3.63) is 29.6 Å². The summed E-state index contributed by atoms with van der Waals surface area (Å²) in [7, 11) is 0. The molecule has 1 aliphatic carbocycles.